The molecule has 0 spiro atoms. The topological polar surface area (TPSA) is 121 Å². The van der Waals surface area contributed by atoms with Gasteiger partial charge in [-0.3, -0.25) is 14.9 Å². The van der Waals surface area contributed by atoms with Crippen molar-refractivity contribution in [2.24, 2.45) is 7.05 Å². The average molecular weight is 395 g/mol. The lowest BCUT2D eigenvalue weighted by Crippen LogP contribution is -2.18. The summed E-state index contributed by atoms with van der Waals surface area (Å²) in [6.45, 7) is 2.74. The molecule has 1 aliphatic rings. The Morgan fingerprint density at radius 3 is 2.86 bits per heavy atom. The Kier molecular flexibility index (Phi) is 4.83. The number of anilines is 1. The number of hydrogen-bond acceptors (Lipinski definition) is 7. The van der Waals surface area contributed by atoms with Crippen LogP contribution in [0.3, 0.4) is 0 Å². The van der Waals surface area contributed by atoms with Gasteiger partial charge in [0.15, 0.2) is 11.6 Å². The van der Waals surface area contributed by atoms with Crippen LogP contribution in [0, 0.1) is 10.1 Å². The monoisotopic (exact) mass is 395 g/mol. The van der Waals surface area contributed by atoms with E-state index in [1.165, 1.54) is 12.3 Å². The molecule has 1 unspecified atom stereocenters. The van der Waals surface area contributed by atoms with Gasteiger partial charge in [-0.2, -0.15) is 0 Å². The van der Waals surface area contributed by atoms with Gasteiger partial charge in [0.1, 0.15) is 11.5 Å². The highest BCUT2D eigenvalue weighted by Crippen LogP contribution is 2.30. The molecule has 29 heavy (non-hydrogen) atoms. The lowest BCUT2D eigenvalue weighted by molar-refractivity contribution is -0.384. The van der Waals surface area contributed by atoms with E-state index >= 15 is 0 Å². The molecule has 1 aromatic carbocycles. The van der Waals surface area contributed by atoms with E-state index < -0.39 is 4.92 Å². The fraction of sp³-hybridized carbons (Fsp3) is 0.368. The van der Waals surface area contributed by atoms with E-state index in [9.17, 15) is 14.9 Å². The van der Waals surface area contributed by atoms with Gasteiger partial charge in [-0.05, 0) is 31.9 Å². The molecule has 1 aliphatic heterocycles. The molecule has 0 amide bonds. The van der Waals surface area contributed by atoms with Crippen LogP contribution in [0.15, 0.2) is 30.6 Å². The minimum atomic E-state index is -0.496. The number of nitro benzene ring substituents is 1. The third-order valence-electron chi connectivity index (χ3n) is 5.13. The summed E-state index contributed by atoms with van der Waals surface area (Å²) in [4.78, 5) is 27.8. The molecule has 10 nitrogen and oxygen atoms in total. The van der Waals surface area contributed by atoms with Crippen LogP contribution < -0.4 is 5.32 Å². The lowest BCUT2D eigenvalue weighted by atomic mass is 10.1. The summed E-state index contributed by atoms with van der Waals surface area (Å²) in [5.41, 5.74) is 0.367. The first-order chi connectivity index (χ1) is 14.0. The molecule has 0 aliphatic carbocycles. The molecule has 10 heteroatoms. The molecule has 0 fully saturated rings. The molecule has 0 saturated carbocycles. The number of fused-ring (bicyclic) bond motifs is 1. The zero-order valence-corrected chi connectivity index (χ0v) is 16.2. The first-order valence-electron chi connectivity index (χ1n) is 9.44. The van der Waals surface area contributed by atoms with Gasteiger partial charge in [0.2, 0.25) is 5.78 Å². The predicted octanol–water partition coefficient (Wildman–Crippen LogP) is 2.66. The number of aryl methyl sites for hydroxylation is 2. The van der Waals surface area contributed by atoms with Crippen molar-refractivity contribution in [1.29, 1.82) is 0 Å². The average Bonchev–Trinajstić information content (AvgIpc) is 3.33. The van der Waals surface area contributed by atoms with Crippen molar-refractivity contribution >= 4 is 17.2 Å². The standard InChI is InChI=1S/C19H21N7O3/c1-12(18-23-22-16-5-3-4-9-25(16)18)21-14-7-6-13(11-15(14)26(28)29)17(27)19-20-8-10-24(19)2/h6-8,10-12,21H,3-5,9H2,1-2H3. The number of nitrogens with zero attached hydrogens (tertiary/aromatic N) is 6. The number of rotatable bonds is 6. The second-order valence-electron chi connectivity index (χ2n) is 7.13. The minimum absolute atomic E-state index is 0.171. The van der Waals surface area contributed by atoms with E-state index in [4.69, 9.17) is 0 Å². The number of hydrogen-bond donors (Lipinski definition) is 1. The number of carbonyl (C=O) groups excluding carboxylic acids is 1. The number of benzene rings is 1. The fourth-order valence-corrected chi connectivity index (χ4v) is 3.61. The van der Waals surface area contributed by atoms with E-state index in [0.29, 0.717) is 5.69 Å². The third kappa shape index (κ3) is 3.48. The maximum absolute atomic E-state index is 12.6. The largest absolute Gasteiger partial charge is 0.370 e. The highest BCUT2D eigenvalue weighted by atomic mass is 16.6. The number of nitro groups is 1. The first-order valence-corrected chi connectivity index (χ1v) is 9.44. The summed E-state index contributed by atoms with van der Waals surface area (Å²) in [6.07, 6.45) is 6.21. The maximum Gasteiger partial charge on any atom is 0.293 e. The first kappa shape index (κ1) is 18.8. The Morgan fingerprint density at radius 2 is 2.14 bits per heavy atom. The van der Waals surface area contributed by atoms with Crippen molar-refractivity contribution in [2.75, 3.05) is 5.32 Å². The van der Waals surface area contributed by atoms with E-state index in [1.807, 2.05) is 6.92 Å². The quantitative estimate of drug-likeness (QED) is 0.387. The molecule has 2 aromatic heterocycles. The highest BCUT2D eigenvalue weighted by molar-refractivity contribution is 6.07. The fourth-order valence-electron chi connectivity index (χ4n) is 3.61. The number of imidazole rings is 1. The van der Waals surface area contributed by atoms with Gasteiger partial charge >= 0.3 is 0 Å². The SMILES string of the molecule is CC(Nc1ccc(C(=O)c2nccn2C)cc1[N+](=O)[O-])c1nnc2n1CCCC2. The van der Waals surface area contributed by atoms with Gasteiger partial charge in [0.25, 0.3) is 5.69 Å². The molecule has 3 aromatic rings. The second kappa shape index (κ2) is 7.46. The van der Waals surface area contributed by atoms with Crippen molar-refractivity contribution in [3.05, 3.63) is 63.7 Å². The highest BCUT2D eigenvalue weighted by Gasteiger charge is 2.24. The van der Waals surface area contributed by atoms with E-state index in [2.05, 4.69) is 25.1 Å². The van der Waals surface area contributed by atoms with Crippen LogP contribution >= 0.6 is 0 Å². The van der Waals surface area contributed by atoms with Crippen molar-refractivity contribution < 1.29 is 9.72 Å². The Balaban J connectivity index is 1.62. The van der Waals surface area contributed by atoms with E-state index in [-0.39, 0.29) is 28.9 Å². The van der Waals surface area contributed by atoms with E-state index in [0.717, 1.165) is 37.5 Å². The summed E-state index contributed by atoms with van der Waals surface area (Å²) in [5.74, 6) is 1.56. The van der Waals surface area contributed by atoms with E-state index in [1.54, 1.807) is 29.9 Å². The summed E-state index contributed by atoms with van der Waals surface area (Å²) in [7, 11) is 1.70. The Morgan fingerprint density at radius 1 is 1.31 bits per heavy atom. The van der Waals surface area contributed by atoms with Crippen LogP contribution in [-0.2, 0) is 20.0 Å². The van der Waals surface area contributed by atoms with Gasteiger partial charge in [0, 0.05) is 44.0 Å². The van der Waals surface area contributed by atoms with Crippen LogP contribution in [-0.4, -0.2) is 35.0 Å². The molecule has 0 saturated heterocycles. The van der Waals surface area contributed by atoms with Gasteiger partial charge < -0.3 is 14.5 Å². The van der Waals surface area contributed by atoms with Gasteiger partial charge in [-0.1, -0.05) is 0 Å². The smallest absolute Gasteiger partial charge is 0.293 e. The summed E-state index contributed by atoms with van der Waals surface area (Å²) in [6, 6.07) is 4.13. The molecular weight excluding hydrogens is 374 g/mol. The maximum atomic E-state index is 12.6. The molecule has 0 bridgehead atoms. The van der Waals surface area contributed by atoms with Crippen molar-refractivity contribution in [1.82, 2.24) is 24.3 Å². The van der Waals surface area contributed by atoms with Gasteiger partial charge in [-0.25, -0.2) is 4.98 Å². The molecule has 1 atom stereocenters. The molecule has 150 valence electrons. The zero-order valence-electron chi connectivity index (χ0n) is 16.2. The van der Waals surface area contributed by atoms with Crippen LogP contribution in [0.4, 0.5) is 11.4 Å². The molecule has 0 radical (unpaired) electrons. The Bertz CT molecular complexity index is 1090. The number of carbonyl (C=O) groups is 1. The van der Waals surface area contributed by atoms with Crippen LogP contribution in [0.1, 0.15) is 53.6 Å². The normalized spacial score (nSPS) is 14.3. The van der Waals surface area contributed by atoms with Crippen LogP contribution in [0.25, 0.3) is 0 Å². The summed E-state index contributed by atoms with van der Waals surface area (Å²) < 4.78 is 3.66. The third-order valence-corrected chi connectivity index (χ3v) is 5.13. The van der Waals surface area contributed by atoms with Crippen LogP contribution in [0.2, 0.25) is 0 Å². The molecule has 4 rings (SSSR count). The summed E-state index contributed by atoms with van der Waals surface area (Å²) >= 11 is 0. The molecule has 1 N–H and O–H groups in total. The van der Waals surface area contributed by atoms with Crippen molar-refractivity contribution in [2.45, 2.75) is 38.8 Å². The Hall–Kier alpha value is -3.56. The zero-order chi connectivity index (χ0) is 20.5. The number of ketones is 1. The number of nitrogens with one attached hydrogen (secondary N) is 1. The molecule has 3 heterocycles. The Labute approximate surface area is 166 Å². The second-order valence-corrected chi connectivity index (χ2v) is 7.13. The van der Waals surface area contributed by atoms with Gasteiger partial charge in [0.05, 0.1) is 11.0 Å². The van der Waals surface area contributed by atoms with Crippen molar-refractivity contribution in [3.63, 3.8) is 0 Å². The lowest BCUT2D eigenvalue weighted by Gasteiger charge is -2.19. The van der Waals surface area contributed by atoms with Gasteiger partial charge in [-0.15, -0.1) is 10.2 Å². The molecular formula is C19H21N7O3. The predicted molar refractivity (Wildman–Crippen MR) is 105 cm³/mol. The van der Waals surface area contributed by atoms with Crippen molar-refractivity contribution in [3.8, 4) is 0 Å². The minimum Gasteiger partial charge on any atom is -0.370 e. The number of aromatic nitrogens is 5. The van der Waals surface area contributed by atoms with Crippen LogP contribution in [0.5, 0.6) is 0 Å². The summed E-state index contributed by atoms with van der Waals surface area (Å²) in [5, 5.41) is 23.3.